The first-order valence-corrected chi connectivity index (χ1v) is 15.8. The van der Waals surface area contributed by atoms with Gasteiger partial charge in [-0.3, -0.25) is 33.1 Å². The number of halogens is 1. The Morgan fingerprint density at radius 2 is 1.78 bits per heavy atom. The number of nitrogen functional groups attached to an aromatic ring is 1. The van der Waals surface area contributed by atoms with E-state index < -0.39 is 80.5 Å². The van der Waals surface area contributed by atoms with Crippen LogP contribution < -0.4 is 16.6 Å². The molecule has 7 heterocycles. The van der Waals surface area contributed by atoms with Crippen molar-refractivity contribution in [2.45, 2.75) is 55.7 Å². The lowest BCUT2D eigenvalue weighted by Gasteiger charge is -2.27. The monoisotopic (exact) mass is 670 g/mol. The van der Waals surface area contributed by atoms with Crippen molar-refractivity contribution < 1.29 is 47.9 Å². The number of fused-ring (bicyclic) bond motifs is 3. The Morgan fingerprint density at radius 3 is 2.53 bits per heavy atom. The zero-order valence-corrected chi connectivity index (χ0v) is 24.3. The molecule has 0 aromatic carbocycles. The van der Waals surface area contributed by atoms with E-state index in [0.29, 0.717) is 0 Å². The van der Waals surface area contributed by atoms with Gasteiger partial charge in [-0.2, -0.15) is 4.98 Å². The minimum atomic E-state index is -4.31. The third-order valence-electron chi connectivity index (χ3n) is 7.61. The molecular formula is C22H24FN10O10PS. The van der Waals surface area contributed by atoms with Gasteiger partial charge in [0.25, 0.3) is 5.56 Å². The minimum absolute atomic E-state index is 0.0382. The van der Waals surface area contributed by atoms with Gasteiger partial charge in [0.1, 0.15) is 48.9 Å². The number of nitrogens with one attached hydrogen (secondary N) is 1. The van der Waals surface area contributed by atoms with Crippen LogP contribution in [0, 0.1) is 0 Å². The highest BCUT2D eigenvalue weighted by Crippen LogP contribution is 2.50. The summed E-state index contributed by atoms with van der Waals surface area (Å²) in [7, 11) is 0. The van der Waals surface area contributed by atoms with E-state index in [0.717, 1.165) is 10.9 Å². The molecule has 4 aromatic rings. The van der Waals surface area contributed by atoms with Crippen LogP contribution in [0.1, 0.15) is 12.5 Å². The largest absolute Gasteiger partial charge is 0.394 e. The lowest BCUT2D eigenvalue weighted by molar-refractivity contribution is -0.115. The summed E-state index contributed by atoms with van der Waals surface area (Å²) in [4.78, 5) is 55.9. The van der Waals surface area contributed by atoms with Gasteiger partial charge in [-0.25, -0.2) is 24.3 Å². The van der Waals surface area contributed by atoms with Crippen LogP contribution in [-0.2, 0) is 41.7 Å². The number of carbonyl (C=O) groups excluding carboxylic acids is 1. The Kier molecular flexibility index (Phi) is 7.39. The Hall–Kier alpha value is -3.57. The molecule has 2 fully saturated rings. The van der Waals surface area contributed by atoms with Crippen LogP contribution >= 0.6 is 6.72 Å². The number of aliphatic hydroxyl groups is 3. The third kappa shape index (κ3) is 4.99. The molecule has 9 atom stereocenters. The maximum atomic E-state index is 15.2. The summed E-state index contributed by atoms with van der Waals surface area (Å²) < 4.78 is 41.2. The van der Waals surface area contributed by atoms with E-state index in [4.69, 9.17) is 36.1 Å². The molecule has 3 aliphatic rings. The summed E-state index contributed by atoms with van der Waals surface area (Å²) in [6.45, 7) is -5.84. The fraction of sp³-hybridized carbons (Fsp3) is 0.500. The van der Waals surface area contributed by atoms with Crippen LogP contribution in [0.3, 0.4) is 0 Å². The SMILES string of the molecule is Nc1ncnc2c1ncn2[C@@H]1O[C@H](COP(O)(=S)O[C@@H]2[C@H](O)[C@@H](CO)O[C@H]2n2cnc3c(=O)n4c(nc32)NC(=O)C4)[C@@H](O)[C@@H]1F. The van der Waals surface area contributed by atoms with Crippen LogP contribution in [0.25, 0.3) is 22.3 Å². The second-order valence-corrected chi connectivity index (χ2v) is 13.1. The topological polar surface area (TPSA) is 269 Å². The lowest BCUT2D eigenvalue weighted by Crippen LogP contribution is -2.35. The molecular weight excluding hydrogens is 646 g/mol. The highest BCUT2D eigenvalue weighted by Gasteiger charge is 2.50. The van der Waals surface area contributed by atoms with Crippen LogP contribution in [0.2, 0.25) is 0 Å². The van der Waals surface area contributed by atoms with Crippen molar-refractivity contribution in [2.75, 3.05) is 24.3 Å². The smallest absolute Gasteiger partial charge is 0.325 e. The summed E-state index contributed by atoms with van der Waals surface area (Å²) in [5.41, 5.74) is 5.37. The van der Waals surface area contributed by atoms with Crippen molar-refractivity contribution >= 4 is 58.5 Å². The Labute approximate surface area is 254 Å². The van der Waals surface area contributed by atoms with Gasteiger partial charge in [0.15, 0.2) is 41.3 Å². The van der Waals surface area contributed by atoms with E-state index in [1.54, 1.807) is 0 Å². The van der Waals surface area contributed by atoms with E-state index in [1.165, 1.54) is 21.8 Å². The standard InChI is InChI=1S/C22H24FN10O10PS/c23-10-13(36)8(42-20(10)32-5-27-11-16(24)25-4-26-17(11)32)3-40-44(39,45)43-15-14(37)7(2-34)41-21(15)33-6-28-12-18(33)30-22-29-9(35)1-31(22)19(12)38/h4-8,10,13-15,20-21,34,36-37H,1-3H2,(H,39,45)(H2,24,25,26)(H,29,30,35)/t7-,8-,10+,13-,14-,15-,20-,21-,44?/m1/s1. The molecule has 45 heavy (non-hydrogen) atoms. The van der Waals surface area contributed by atoms with Crippen LogP contribution in [0.15, 0.2) is 23.8 Å². The van der Waals surface area contributed by atoms with Crippen LogP contribution in [0.4, 0.5) is 16.2 Å². The number of amides is 1. The number of nitrogens with two attached hydrogens (primary N) is 1. The molecule has 0 spiro atoms. The van der Waals surface area contributed by atoms with E-state index in [1.807, 2.05) is 0 Å². The zero-order chi connectivity index (χ0) is 31.8. The normalized spacial score (nSPS) is 31.1. The van der Waals surface area contributed by atoms with Crippen molar-refractivity contribution in [2.24, 2.45) is 0 Å². The Bertz CT molecular complexity index is 1920. The summed E-state index contributed by atoms with van der Waals surface area (Å²) in [6, 6.07) is 0. The molecule has 0 aliphatic carbocycles. The summed E-state index contributed by atoms with van der Waals surface area (Å²) in [5, 5.41) is 33.6. The molecule has 0 bridgehead atoms. The number of alkyl halides is 1. The van der Waals surface area contributed by atoms with E-state index >= 15 is 4.39 Å². The molecule has 1 unspecified atom stereocenters. The number of anilines is 2. The summed E-state index contributed by atoms with van der Waals surface area (Å²) in [5.74, 6) is -0.429. The highest BCUT2D eigenvalue weighted by atomic mass is 32.5. The van der Waals surface area contributed by atoms with Gasteiger partial charge in [-0.1, -0.05) is 0 Å². The number of hydrogen-bond donors (Lipinski definition) is 6. The number of carbonyl (C=O) groups is 1. The second kappa shape index (κ2) is 11.0. The first-order valence-electron chi connectivity index (χ1n) is 13.3. The molecule has 3 aliphatic heterocycles. The highest BCUT2D eigenvalue weighted by molar-refractivity contribution is 8.07. The predicted molar refractivity (Wildman–Crippen MR) is 149 cm³/mol. The first kappa shape index (κ1) is 30.1. The van der Waals surface area contributed by atoms with Crippen molar-refractivity contribution in [1.29, 1.82) is 0 Å². The number of ether oxygens (including phenoxy) is 2. The van der Waals surface area contributed by atoms with Gasteiger partial charge >= 0.3 is 6.72 Å². The maximum absolute atomic E-state index is 15.2. The van der Waals surface area contributed by atoms with Gasteiger partial charge < -0.3 is 39.9 Å². The quantitative estimate of drug-likeness (QED) is 0.105. The summed E-state index contributed by atoms with van der Waals surface area (Å²) >= 11 is 5.15. The van der Waals surface area contributed by atoms with Gasteiger partial charge in [0.2, 0.25) is 11.9 Å². The minimum Gasteiger partial charge on any atom is -0.394 e. The van der Waals surface area contributed by atoms with Gasteiger partial charge in [0.05, 0.1) is 25.9 Å². The van der Waals surface area contributed by atoms with E-state index in [-0.39, 0.29) is 40.6 Å². The van der Waals surface area contributed by atoms with Crippen molar-refractivity contribution in [3.8, 4) is 0 Å². The zero-order valence-electron chi connectivity index (χ0n) is 22.6. The Balaban J connectivity index is 1.09. The molecule has 1 amide bonds. The van der Waals surface area contributed by atoms with Gasteiger partial charge in [-0.05, 0) is 11.8 Å². The third-order valence-corrected chi connectivity index (χ3v) is 9.17. The van der Waals surface area contributed by atoms with Crippen molar-refractivity contribution in [1.82, 2.24) is 38.6 Å². The Morgan fingerprint density at radius 1 is 1.07 bits per heavy atom. The molecule has 2 saturated heterocycles. The fourth-order valence-corrected chi connectivity index (χ4v) is 6.83. The predicted octanol–water partition coefficient (Wildman–Crippen LogP) is -2.57. The molecule has 4 aromatic heterocycles. The molecule has 7 rings (SSSR count). The molecule has 23 heteroatoms. The number of rotatable bonds is 8. The van der Waals surface area contributed by atoms with Crippen LogP contribution in [0.5, 0.6) is 0 Å². The number of nitrogens with zero attached hydrogens (tertiary/aromatic N) is 8. The number of aromatic nitrogens is 8. The maximum Gasteiger partial charge on any atom is 0.325 e. The van der Waals surface area contributed by atoms with Gasteiger partial charge in [0, 0.05) is 0 Å². The molecule has 0 radical (unpaired) electrons. The molecule has 7 N–H and O–H groups in total. The molecule has 240 valence electrons. The average molecular weight is 671 g/mol. The molecule has 0 saturated carbocycles. The van der Waals surface area contributed by atoms with Gasteiger partial charge in [-0.15, -0.1) is 0 Å². The number of aliphatic hydroxyl groups excluding tert-OH is 3. The van der Waals surface area contributed by atoms with E-state index in [2.05, 4.69) is 30.2 Å². The van der Waals surface area contributed by atoms with Crippen molar-refractivity contribution in [3.63, 3.8) is 0 Å². The average Bonchev–Trinajstić information content (AvgIpc) is 3.81. The van der Waals surface area contributed by atoms with Crippen molar-refractivity contribution in [3.05, 3.63) is 29.3 Å². The fourth-order valence-electron chi connectivity index (χ4n) is 5.42. The molecule has 20 nitrogen and oxygen atoms in total. The van der Waals surface area contributed by atoms with Crippen LogP contribution in [-0.4, -0.2) is 115 Å². The number of imidazole rings is 2. The number of hydrogen-bond acceptors (Lipinski definition) is 16. The summed E-state index contributed by atoms with van der Waals surface area (Å²) in [6.07, 6.45) is -8.48. The first-order chi connectivity index (χ1) is 21.5. The van der Waals surface area contributed by atoms with E-state index in [9.17, 15) is 29.8 Å². The second-order valence-electron chi connectivity index (χ2n) is 10.4. The lowest BCUT2D eigenvalue weighted by atomic mass is 10.1.